The lowest BCUT2D eigenvalue weighted by Crippen LogP contribution is -1.89. The summed E-state index contributed by atoms with van der Waals surface area (Å²) in [5.41, 5.74) is 0. The lowest BCUT2D eigenvalue weighted by Gasteiger charge is -1.82. The molecular weight excluding hydrogens is 83.5 g/mol. The summed E-state index contributed by atoms with van der Waals surface area (Å²) >= 11 is 5.42. The molecule has 0 spiro atoms. The van der Waals surface area contributed by atoms with E-state index in [2.05, 4.69) is 11.8 Å². The standard InChI is InChI=1S/C4H3Cl/c1-4(5)2-3-4/h1H3. The Morgan fingerprint density at radius 1 is 1.60 bits per heavy atom. The normalized spacial score (nSPS) is 23.6. The molecule has 0 bridgehead atoms. The fourth-order valence-electron chi connectivity index (χ4n) is 0.0861. The van der Waals surface area contributed by atoms with Crippen molar-refractivity contribution in [2.45, 2.75) is 11.8 Å². The fraction of sp³-hybridized carbons (Fsp3) is 0.500. The van der Waals surface area contributed by atoms with Crippen molar-refractivity contribution in [2.24, 2.45) is 0 Å². The molecule has 0 atom stereocenters. The molecule has 0 saturated carbocycles. The van der Waals surface area contributed by atoms with E-state index in [1.807, 2.05) is 6.92 Å². The van der Waals surface area contributed by atoms with E-state index in [1.165, 1.54) is 0 Å². The Morgan fingerprint density at radius 2 is 1.80 bits per heavy atom. The largest absolute Gasteiger partial charge is 0.162 e. The zero-order valence-corrected chi connectivity index (χ0v) is 3.63. The van der Waals surface area contributed by atoms with Crippen molar-refractivity contribution in [3.05, 3.63) is 0 Å². The molecule has 0 fully saturated rings. The van der Waals surface area contributed by atoms with Crippen LogP contribution in [0.15, 0.2) is 0 Å². The zero-order valence-electron chi connectivity index (χ0n) is 2.88. The van der Waals surface area contributed by atoms with Gasteiger partial charge in [-0.2, -0.15) is 0 Å². The monoisotopic (exact) mass is 86.0 g/mol. The van der Waals surface area contributed by atoms with Crippen LogP contribution < -0.4 is 0 Å². The third-order valence-electron chi connectivity index (χ3n) is 0.469. The van der Waals surface area contributed by atoms with Crippen LogP contribution in [0.4, 0.5) is 0 Å². The molecule has 0 saturated heterocycles. The van der Waals surface area contributed by atoms with Gasteiger partial charge in [0.25, 0.3) is 0 Å². The van der Waals surface area contributed by atoms with Crippen LogP contribution in [0, 0.1) is 11.8 Å². The second-order valence-corrected chi connectivity index (χ2v) is 2.01. The van der Waals surface area contributed by atoms with Crippen molar-refractivity contribution in [3.8, 4) is 11.8 Å². The molecule has 5 heavy (non-hydrogen) atoms. The summed E-state index contributed by atoms with van der Waals surface area (Å²) in [6, 6.07) is 0. The highest BCUT2D eigenvalue weighted by Crippen LogP contribution is 2.19. The Kier molecular flexibility index (Phi) is 0.310. The lowest BCUT2D eigenvalue weighted by molar-refractivity contribution is 1.17. The van der Waals surface area contributed by atoms with Gasteiger partial charge in [0.1, 0.15) is 0 Å². The highest BCUT2D eigenvalue weighted by Gasteiger charge is 2.22. The molecule has 0 N–H and O–H groups in total. The van der Waals surface area contributed by atoms with Crippen molar-refractivity contribution in [1.29, 1.82) is 0 Å². The molecule has 1 aliphatic rings. The van der Waals surface area contributed by atoms with Gasteiger partial charge in [-0.05, 0) is 6.92 Å². The first-order valence-corrected chi connectivity index (χ1v) is 1.82. The molecule has 1 rings (SSSR count). The fourth-order valence-corrected chi connectivity index (χ4v) is 0.133. The van der Waals surface area contributed by atoms with Gasteiger partial charge in [0, 0.05) is 0 Å². The molecule has 0 amide bonds. The summed E-state index contributed by atoms with van der Waals surface area (Å²) in [6.07, 6.45) is 0. The Bertz CT molecular complexity index is 92.6. The molecule has 1 aliphatic carbocycles. The first kappa shape index (κ1) is 3.06. The summed E-state index contributed by atoms with van der Waals surface area (Å²) in [4.78, 5) is -0.278. The summed E-state index contributed by atoms with van der Waals surface area (Å²) in [6.45, 7) is 1.84. The van der Waals surface area contributed by atoms with Crippen LogP contribution in [0.1, 0.15) is 6.92 Å². The average molecular weight is 86.5 g/mol. The van der Waals surface area contributed by atoms with Gasteiger partial charge >= 0.3 is 0 Å². The van der Waals surface area contributed by atoms with E-state index >= 15 is 0 Å². The molecule has 1 heteroatoms. The minimum absolute atomic E-state index is 0.278. The third-order valence-corrected chi connectivity index (χ3v) is 0.658. The molecule has 26 valence electrons. The maximum atomic E-state index is 5.42. The first-order chi connectivity index (χ1) is 2.21. The summed E-state index contributed by atoms with van der Waals surface area (Å²) in [5.74, 6) is 5.38. The lowest BCUT2D eigenvalue weighted by atomic mass is 10.4. The molecule has 0 aromatic heterocycles. The van der Waals surface area contributed by atoms with Crippen LogP contribution in [-0.4, -0.2) is 4.87 Å². The highest BCUT2D eigenvalue weighted by atomic mass is 35.5. The van der Waals surface area contributed by atoms with E-state index in [0.29, 0.717) is 0 Å². The van der Waals surface area contributed by atoms with E-state index in [4.69, 9.17) is 11.6 Å². The predicted molar refractivity (Wildman–Crippen MR) is 22.0 cm³/mol. The van der Waals surface area contributed by atoms with Crippen molar-refractivity contribution < 1.29 is 0 Å². The second-order valence-electron chi connectivity index (χ2n) is 1.25. The Hall–Kier alpha value is -0.150. The van der Waals surface area contributed by atoms with Gasteiger partial charge in [0.15, 0.2) is 4.87 Å². The summed E-state index contributed by atoms with van der Waals surface area (Å²) < 4.78 is 0. The molecule has 0 radical (unpaired) electrons. The zero-order chi connectivity index (χ0) is 3.91. The second kappa shape index (κ2) is 0.507. The maximum absolute atomic E-state index is 5.42. The summed E-state index contributed by atoms with van der Waals surface area (Å²) in [5, 5.41) is 0. The molecule has 0 unspecified atom stereocenters. The van der Waals surface area contributed by atoms with Crippen LogP contribution in [0.5, 0.6) is 0 Å². The highest BCUT2D eigenvalue weighted by molar-refractivity contribution is 6.30. The predicted octanol–water partition coefficient (Wildman–Crippen LogP) is 1.00. The third kappa shape index (κ3) is 0.560. The molecule has 0 nitrogen and oxygen atoms in total. The number of rotatable bonds is 0. The minimum atomic E-state index is -0.278. The first-order valence-electron chi connectivity index (χ1n) is 1.44. The quantitative estimate of drug-likeness (QED) is 0.305. The van der Waals surface area contributed by atoms with Crippen LogP contribution in [0.2, 0.25) is 0 Å². The number of alkyl halides is 1. The Labute approximate surface area is 36.1 Å². The van der Waals surface area contributed by atoms with Gasteiger partial charge in [0.2, 0.25) is 0 Å². The van der Waals surface area contributed by atoms with E-state index < -0.39 is 0 Å². The maximum Gasteiger partial charge on any atom is 0.162 e. The van der Waals surface area contributed by atoms with Crippen LogP contribution in [-0.2, 0) is 0 Å². The number of halogens is 1. The van der Waals surface area contributed by atoms with Gasteiger partial charge in [-0.1, -0.05) is 23.4 Å². The molecule has 0 aromatic rings. The topological polar surface area (TPSA) is 0 Å². The Morgan fingerprint density at radius 3 is 1.80 bits per heavy atom. The molecule has 0 aromatic carbocycles. The van der Waals surface area contributed by atoms with Gasteiger partial charge < -0.3 is 0 Å². The van der Waals surface area contributed by atoms with E-state index in [0.717, 1.165) is 0 Å². The smallest absolute Gasteiger partial charge is 0.0909 e. The van der Waals surface area contributed by atoms with E-state index in [-0.39, 0.29) is 4.87 Å². The van der Waals surface area contributed by atoms with Crippen LogP contribution >= 0.6 is 11.6 Å². The minimum Gasteiger partial charge on any atom is -0.0909 e. The molecule has 0 aliphatic heterocycles. The van der Waals surface area contributed by atoms with E-state index in [9.17, 15) is 0 Å². The van der Waals surface area contributed by atoms with Crippen molar-refractivity contribution in [1.82, 2.24) is 0 Å². The van der Waals surface area contributed by atoms with Crippen molar-refractivity contribution in [3.63, 3.8) is 0 Å². The van der Waals surface area contributed by atoms with E-state index in [1.54, 1.807) is 0 Å². The molecular formula is C4H3Cl. The number of hydrogen-bond donors (Lipinski definition) is 0. The Balaban J connectivity index is 2.50. The molecule has 0 heterocycles. The SMILES string of the molecule is CC1(Cl)C#C1. The van der Waals surface area contributed by atoms with Crippen LogP contribution in [0.25, 0.3) is 0 Å². The van der Waals surface area contributed by atoms with Crippen molar-refractivity contribution in [2.75, 3.05) is 0 Å². The van der Waals surface area contributed by atoms with Gasteiger partial charge in [-0.15, -0.1) is 0 Å². The van der Waals surface area contributed by atoms with Gasteiger partial charge in [-0.25, -0.2) is 0 Å². The average Bonchev–Trinajstić information content (AvgIpc) is 1.76. The summed E-state index contributed by atoms with van der Waals surface area (Å²) in [7, 11) is 0. The van der Waals surface area contributed by atoms with Gasteiger partial charge in [-0.3, -0.25) is 0 Å². The van der Waals surface area contributed by atoms with Crippen molar-refractivity contribution >= 4 is 11.6 Å². The van der Waals surface area contributed by atoms with Gasteiger partial charge in [0.05, 0.1) is 0 Å². The number of hydrogen-bond acceptors (Lipinski definition) is 0. The van der Waals surface area contributed by atoms with Crippen LogP contribution in [0.3, 0.4) is 0 Å².